The molecule has 2 aromatic rings. The number of amides is 1. The summed E-state index contributed by atoms with van der Waals surface area (Å²) in [4.78, 5) is 15.7. The number of hydrogen-bond acceptors (Lipinski definition) is 3. The Bertz CT molecular complexity index is 535. The highest BCUT2D eigenvalue weighted by Crippen LogP contribution is 2.17. The van der Waals surface area contributed by atoms with Crippen molar-refractivity contribution in [2.45, 2.75) is 13.0 Å². The van der Waals surface area contributed by atoms with E-state index in [9.17, 15) is 4.79 Å². The zero-order chi connectivity index (χ0) is 13.1. The summed E-state index contributed by atoms with van der Waals surface area (Å²) in [6, 6.07) is 6.23. The summed E-state index contributed by atoms with van der Waals surface area (Å²) < 4.78 is 5.20. The van der Waals surface area contributed by atoms with Gasteiger partial charge in [0.1, 0.15) is 16.1 Å². The van der Waals surface area contributed by atoms with Crippen LogP contribution in [-0.4, -0.2) is 10.9 Å². The first kappa shape index (κ1) is 12.9. The third-order valence-corrected chi connectivity index (χ3v) is 2.73. The van der Waals surface area contributed by atoms with E-state index in [1.54, 1.807) is 18.4 Å². The monoisotopic (exact) mass is 284 g/mol. The Morgan fingerprint density at radius 2 is 2.06 bits per heavy atom. The van der Waals surface area contributed by atoms with Crippen LogP contribution in [0.1, 0.15) is 29.1 Å². The van der Waals surface area contributed by atoms with Gasteiger partial charge in [0.05, 0.1) is 12.3 Å². The number of furan rings is 1. The zero-order valence-corrected chi connectivity index (χ0v) is 11.0. The van der Waals surface area contributed by atoms with Crippen molar-refractivity contribution in [3.63, 3.8) is 0 Å². The molecule has 0 aliphatic rings. The lowest BCUT2D eigenvalue weighted by Gasteiger charge is -2.11. The van der Waals surface area contributed by atoms with E-state index >= 15 is 0 Å². The predicted octanol–water partition coefficient (Wildman–Crippen LogP) is 3.47. The Labute approximate surface area is 114 Å². The summed E-state index contributed by atoms with van der Waals surface area (Å²) in [7, 11) is 0. The van der Waals surface area contributed by atoms with Crippen LogP contribution in [0.25, 0.3) is 0 Å². The molecular formula is C12H10Cl2N2O2. The zero-order valence-electron chi connectivity index (χ0n) is 9.48. The molecule has 0 spiro atoms. The molecule has 2 rings (SSSR count). The molecule has 0 aromatic carbocycles. The molecule has 2 heterocycles. The van der Waals surface area contributed by atoms with Gasteiger partial charge in [-0.15, -0.1) is 0 Å². The third-order valence-electron chi connectivity index (χ3n) is 2.34. The molecule has 1 amide bonds. The summed E-state index contributed by atoms with van der Waals surface area (Å²) in [5.41, 5.74) is 0.360. The average molecular weight is 285 g/mol. The van der Waals surface area contributed by atoms with Gasteiger partial charge in [-0.05, 0) is 31.2 Å². The maximum Gasteiger partial charge on any atom is 0.252 e. The normalized spacial score (nSPS) is 12.2. The van der Waals surface area contributed by atoms with E-state index in [1.807, 2.05) is 6.92 Å². The Morgan fingerprint density at radius 3 is 2.61 bits per heavy atom. The van der Waals surface area contributed by atoms with Gasteiger partial charge in [0.15, 0.2) is 0 Å². The third kappa shape index (κ3) is 3.03. The van der Waals surface area contributed by atoms with Crippen LogP contribution in [0, 0.1) is 0 Å². The van der Waals surface area contributed by atoms with Crippen molar-refractivity contribution in [1.82, 2.24) is 10.3 Å². The van der Waals surface area contributed by atoms with E-state index in [0.29, 0.717) is 11.3 Å². The average Bonchev–Trinajstić information content (AvgIpc) is 2.80. The molecule has 2 aromatic heterocycles. The second kappa shape index (κ2) is 5.42. The molecule has 18 heavy (non-hydrogen) atoms. The lowest BCUT2D eigenvalue weighted by atomic mass is 10.2. The second-order valence-electron chi connectivity index (χ2n) is 3.71. The van der Waals surface area contributed by atoms with E-state index in [-0.39, 0.29) is 22.3 Å². The van der Waals surface area contributed by atoms with Crippen molar-refractivity contribution >= 4 is 29.1 Å². The molecule has 0 saturated heterocycles. The number of nitrogens with one attached hydrogen (secondary N) is 1. The highest BCUT2D eigenvalue weighted by molar-refractivity contribution is 6.33. The molecule has 0 aliphatic carbocycles. The minimum atomic E-state index is -0.287. The quantitative estimate of drug-likeness (QED) is 0.878. The maximum atomic E-state index is 12.0. The molecule has 6 heteroatoms. The molecular weight excluding hydrogens is 275 g/mol. The van der Waals surface area contributed by atoms with Crippen molar-refractivity contribution in [1.29, 1.82) is 0 Å². The topological polar surface area (TPSA) is 55.1 Å². The van der Waals surface area contributed by atoms with E-state index < -0.39 is 0 Å². The lowest BCUT2D eigenvalue weighted by molar-refractivity contribution is 0.0935. The van der Waals surface area contributed by atoms with Crippen LogP contribution in [0.4, 0.5) is 0 Å². The number of rotatable bonds is 3. The number of halogens is 2. The Balaban J connectivity index is 2.12. The van der Waals surface area contributed by atoms with Crippen molar-refractivity contribution in [3.05, 3.63) is 52.2 Å². The van der Waals surface area contributed by atoms with Crippen LogP contribution in [-0.2, 0) is 0 Å². The molecule has 0 radical (unpaired) electrons. The van der Waals surface area contributed by atoms with Gasteiger partial charge in [-0.25, -0.2) is 4.98 Å². The van der Waals surface area contributed by atoms with E-state index in [1.165, 1.54) is 12.1 Å². The number of aromatic nitrogens is 1. The Kier molecular flexibility index (Phi) is 3.89. The van der Waals surface area contributed by atoms with Crippen LogP contribution >= 0.6 is 23.2 Å². The van der Waals surface area contributed by atoms with Gasteiger partial charge < -0.3 is 9.73 Å². The first-order chi connectivity index (χ1) is 8.56. The molecule has 0 fully saturated rings. The van der Waals surface area contributed by atoms with Crippen LogP contribution in [0.15, 0.2) is 34.9 Å². The van der Waals surface area contributed by atoms with E-state index in [4.69, 9.17) is 27.6 Å². The van der Waals surface area contributed by atoms with Crippen molar-refractivity contribution in [2.75, 3.05) is 0 Å². The van der Waals surface area contributed by atoms with Crippen molar-refractivity contribution < 1.29 is 9.21 Å². The number of pyridine rings is 1. The number of nitrogens with zero attached hydrogens (tertiary/aromatic N) is 1. The standard InChI is InChI=1S/C12H10Cl2N2O2/c1-7(9-3-2-4-18-9)15-12(17)8-5-10(13)16-11(14)6-8/h2-7H,1H3,(H,15,17)/t7-/m1/s1. The fourth-order valence-electron chi connectivity index (χ4n) is 1.48. The number of hydrogen-bond donors (Lipinski definition) is 1. The molecule has 0 unspecified atom stereocenters. The Hall–Kier alpha value is -1.52. The van der Waals surface area contributed by atoms with Gasteiger partial charge in [0.2, 0.25) is 0 Å². The maximum absolute atomic E-state index is 12.0. The van der Waals surface area contributed by atoms with Gasteiger partial charge >= 0.3 is 0 Å². The Morgan fingerprint density at radius 1 is 1.39 bits per heavy atom. The first-order valence-electron chi connectivity index (χ1n) is 5.23. The highest BCUT2D eigenvalue weighted by Gasteiger charge is 2.14. The fraction of sp³-hybridized carbons (Fsp3) is 0.167. The molecule has 1 atom stereocenters. The van der Waals surface area contributed by atoms with Crippen LogP contribution in [0.3, 0.4) is 0 Å². The summed E-state index contributed by atoms with van der Waals surface area (Å²) in [5.74, 6) is 0.389. The molecule has 1 N–H and O–H groups in total. The van der Waals surface area contributed by atoms with Gasteiger partial charge in [0.25, 0.3) is 5.91 Å². The molecule has 94 valence electrons. The van der Waals surface area contributed by atoms with Gasteiger partial charge in [-0.3, -0.25) is 4.79 Å². The summed E-state index contributed by atoms with van der Waals surface area (Å²) >= 11 is 11.5. The van der Waals surface area contributed by atoms with Crippen LogP contribution in [0.5, 0.6) is 0 Å². The van der Waals surface area contributed by atoms with Crippen molar-refractivity contribution in [3.8, 4) is 0 Å². The highest BCUT2D eigenvalue weighted by atomic mass is 35.5. The summed E-state index contributed by atoms with van der Waals surface area (Å²) in [5, 5.41) is 3.13. The molecule has 0 saturated carbocycles. The van der Waals surface area contributed by atoms with E-state index in [0.717, 1.165) is 0 Å². The lowest BCUT2D eigenvalue weighted by Crippen LogP contribution is -2.26. The number of carbonyl (C=O) groups excluding carboxylic acids is 1. The largest absolute Gasteiger partial charge is 0.467 e. The molecule has 4 nitrogen and oxygen atoms in total. The van der Waals surface area contributed by atoms with Gasteiger partial charge in [-0.2, -0.15) is 0 Å². The fourth-order valence-corrected chi connectivity index (χ4v) is 1.95. The summed E-state index contributed by atoms with van der Waals surface area (Å²) in [6.45, 7) is 1.82. The minimum Gasteiger partial charge on any atom is -0.467 e. The minimum absolute atomic E-state index is 0.179. The van der Waals surface area contributed by atoms with Gasteiger partial charge in [-0.1, -0.05) is 23.2 Å². The second-order valence-corrected chi connectivity index (χ2v) is 4.49. The molecule has 0 bridgehead atoms. The predicted molar refractivity (Wildman–Crippen MR) is 68.8 cm³/mol. The number of carbonyl (C=O) groups is 1. The molecule has 0 aliphatic heterocycles. The van der Waals surface area contributed by atoms with Crippen LogP contribution in [0.2, 0.25) is 10.3 Å². The van der Waals surface area contributed by atoms with Gasteiger partial charge in [0, 0.05) is 5.56 Å². The van der Waals surface area contributed by atoms with Crippen molar-refractivity contribution in [2.24, 2.45) is 0 Å². The summed E-state index contributed by atoms with van der Waals surface area (Å²) in [6.07, 6.45) is 1.55. The SMILES string of the molecule is C[C@@H](NC(=O)c1cc(Cl)nc(Cl)c1)c1ccco1. The first-order valence-corrected chi connectivity index (χ1v) is 5.99. The smallest absolute Gasteiger partial charge is 0.252 e. The van der Waals surface area contributed by atoms with Crippen LogP contribution < -0.4 is 5.32 Å². The van der Waals surface area contributed by atoms with E-state index in [2.05, 4.69) is 10.3 Å².